The van der Waals surface area contributed by atoms with E-state index in [0.29, 0.717) is 26.0 Å². The van der Waals surface area contributed by atoms with E-state index in [1.807, 2.05) is 32.9 Å². The highest BCUT2D eigenvalue weighted by atomic mass is 16.5. The molecule has 0 aliphatic carbocycles. The van der Waals surface area contributed by atoms with Crippen molar-refractivity contribution in [2.24, 2.45) is 0 Å². The number of nitrogens with one attached hydrogen (secondary N) is 1. The SMILES string of the molecule is CCOc1cc2c(cc1CNC(=O)CCc1c(C)noc1C)OC(C)C2. The first-order valence-corrected chi connectivity index (χ1v) is 9.11. The molecule has 2 aromatic rings. The normalized spacial score (nSPS) is 15.5. The molecule has 1 aliphatic rings. The van der Waals surface area contributed by atoms with Gasteiger partial charge >= 0.3 is 0 Å². The zero-order valence-corrected chi connectivity index (χ0v) is 15.8. The average molecular weight is 358 g/mol. The number of amides is 1. The summed E-state index contributed by atoms with van der Waals surface area (Å²) < 4.78 is 16.7. The van der Waals surface area contributed by atoms with E-state index in [-0.39, 0.29) is 12.0 Å². The molecule has 1 aromatic carbocycles. The van der Waals surface area contributed by atoms with Gasteiger partial charge in [-0.15, -0.1) is 0 Å². The third-order valence-corrected chi connectivity index (χ3v) is 4.64. The third-order valence-electron chi connectivity index (χ3n) is 4.64. The molecule has 0 fully saturated rings. The third kappa shape index (κ3) is 4.00. The summed E-state index contributed by atoms with van der Waals surface area (Å²) in [5.74, 6) is 2.47. The van der Waals surface area contributed by atoms with E-state index in [1.54, 1.807) is 0 Å². The van der Waals surface area contributed by atoms with Crippen LogP contribution in [-0.2, 0) is 24.2 Å². The molecule has 1 aromatic heterocycles. The molecule has 6 heteroatoms. The molecular formula is C20H26N2O4. The van der Waals surface area contributed by atoms with Gasteiger partial charge in [0.05, 0.1) is 12.3 Å². The van der Waals surface area contributed by atoms with E-state index in [1.165, 1.54) is 0 Å². The molecule has 0 saturated heterocycles. The Morgan fingerprint density at radius 2 is 2.19 bits per heavy atom. The monoisotopic (exact) mass is 358 g/mol. The summed E-state index contributed by atoms with van der Waals surface area (Å²) in [4.78, 5) is 12.3. The molecule has 2 heterocycles. The van der Waals surface area contributed by atoms with Crippen LogP contribution in [0.15, 0.2) is 16.7 Å². The van der Waals surface area contributed by atoms with Gasteiger partial charge in [-0.05, 0) is 46.2 Å². The maximum Gasteiger partial charge on any atom is 0.220 e. The van der Waals surface area contributed by atoms with Crippen molar-refractivity contribution in [2.45, 2.75) is 59.6 Å². The Morgan fingerprint density at radius 1 is 1.38 bits per heavy atom. The van der Waals surface area contributed by atoms with Gasteiger partial charge in [-0.2, -0.15) is 0 Å². The zero-order valence-electron chi connectivity index (χ0n) is 15.8. The number of carbonyl (C=O) groups excluding carboxylic acids is 1. The van der Waals surface area contributed by atoms with Crippen molar-refractivity contribution in [3.05, 3.63) is 40.3 Å². The van der Waals surface area contributed by atoms with Gasteiger partial charge in [0.15, 0.2) is 0 Å². The fourth-order valence-electron chi connectivity index (χ4n) is 3.29. The Kier molecular flexibility index (Phi) is 5.49. The van der Waals surface area contributed by atoms with Crippen LogP contribution in [0.5, 0.6) is 11.5 Å². The van der Waals surface area contributed by atoms with Gasteiger partial charge in [0, 0.05) is 36.1 Å². The van der Waals surface area contributed by atoms with E-state index in [0.717, 1.165) is 46.1 Å². The Hall–Kier alpha value is -2.50. The van der Waals surface area contributed by atoms with Crippen LogP contribution < -0.4 is 14.8 Å². The van der Waals surface area contributed by atoms with Crippen LogP contribution in [0.2, 0.25) is 0 Å². The van der Waals surface area contributed by atoms with Crippen molar-refractivity contribution in [1.29, 1.82) is 0 Å². The van der Waals surface area contributed by atoms with Crippen molar-refractivity contribution in [2.75, 3.05) is 6.61 Å². The highest BCUT2D eigenvalue weighted by Crippen LogP contribution is 2.35. The fourth-order valence-corrected chi connectivity index (χ4v) is 3.29. The average Bonchev–Trinajstić information content (AvgIpc) is 3.12. The predicted molar refractivity (Wildman–Crippen MR) is 97.5 cm³/mol. The summed E-state index contributed by atoms with van der Waals surface area (Å²) in [5, 5.41) is 6.90. The molecule has 0 radical (unpaired) electrons. The van der Waals surface area contributed by atoms with Crippen LogP contribution in [0.4, 0.5) is 0 Å². The summed E-state index contributed by atoms with van der Waals surface area (Å²) in [7, 11) is 0. The van der Waals surface area contributed by atoms with Crippen LogP contribution >= 0.6 is 0 Å². The molecule has 3 rings (SSSR count). The predicted octanol–water partition coefficient (Wildman–Crippen LogP) is 3.26. The van der Waals surface area contributed by atoms with Crippen LogP contribution in [0.1, 0.15) is 48.4 Å². The highest BCUT2D eigenvalue weighted by Gasteiger charge is 2.22. The van der Waals surface area contributed by atoms with E-state index in [9.17, 15) is 4.79 Å². The Bertz CT molecular complexity index is 778. The van der Waals surface area contributed by atoms with Gasteiger partial charge in [-0.25, -0.2) is 0 Å². The summed E-state index contributed by atoms with van der Waals surface area (Å²) in [6, 6.07) is 4.02. The Labute approximate surface area is 153 Å². The Balaban J connectivity index is 1.61. The second kappa shape index (κ2) is 7.81. The lowest BCUT2D eigenvalue weighted by atomic mass is 10.1. The molecule has 0 spiro atoms. The maximum atomic E-state index is 12.3. The van der Waals surface area contributed by atoms with E-state index in [2.05, 4.69) is 17.4 Å². The van der Waals surface area contributed by atoms with Crippen LogP contribution in [0.3, 0.4) is 0 Å². The molecule has 1 unspecified atom stereocenters. The molecule has 0 saturated carbocycles. The number of rotatable bonds is 7. The zero-order chi connectivity index (χ0) is 18.7. The lowest BCUT2D eigenvalue weighted by molar-refractivity contribution is -0.121. The fraction of sp³-hybridized carbons (Fsp3) is 0.500. The quantitative estimate of drug-likeness (QED) is 0.822. The minimum absolute atomic E-state index is 0.0118. The van der Waals surface area contributed by atoms with Crippen molar-refractivity contribution >= 4 is 5.91 Å². The van der Waals surface area contributed by atoms with Crippen LogP contribution in [0.25, 0.3) is 0 Å². The number of aryl methyl sites for hydroxylation is 2. The molecule has 1 aliphatic heterocycles. The van der Waals surface area contributed by atoms with Gasteiger partial charge in [0.2, 0.25) is 5.91 Å². The molecule has 1 amide bonds. The molecule has 26 heavy (non-hydrogen) atoms. The number of hydrogen-bond donors (Lipinski definition) is 1. The van der Waals surface area contributed by atoms with Crippen LogP contribution in [-0.4, -0.2) is 23.8 Å². The number of carbonyl (C=O) groups is 1. The first-order chi connectivity index (χ1) is 12.5. The first kappa shape index (κ1) is 18.3. The number of hydrogen-bond acceptors (Lipinski definition) is 5. The second-order valence-corrected chi connectivity index (χ2v) is 6.71. The summed E-state index contributed by atoms with van der Waals surface area (Å²) >= 11 is 0. The molecule has 1 atom stereocenters. The molecular weight excluding hydrogens is 332 g/mol. The number of benzene rings is 1. The van der Waals surface area contributed by atoms with E-state index < -0.39 is 0 Å². The van der Waals surface area contributed by atoms with Gasteiger partial charge in [0.25, 0.3) is 0 Å². The summed E-state index contributed by atoms with van der Waals surface area (Å²) in [6.45, 7) is 8.77. The molecule has 140 valence electrons. The van der Waals surface area contributed by atoms with E-state index in [4.69, 9.17) is 14.0 Å². The van der Waals surface area contributed by atoms with Gasteiger partial charge in [0.1, 0.15) is 23.4 Å². The Morgan fingerprint density at radius 3 is 2.88 bits per heavy atom. The van der Waals surface area contributed by atoms with Gasteiger partial charge < -0.3 is 19.3 Å². The lowest BCUT2D eigenvalue weighted by Gasteiger charge is -2.13. The summed E-state index contributed by atoms with van der Waals surface area (Å²) in [6.07, 6.45) is 2.08. The van der Waals surface area contributed by atoms with Crippen molar-refractivity contribution in [3.8, 4) is 11.5 Å². The second-order valence-electron chi connectivity index (χ2n) is 6.71. The van der Waals surface area contributed by atoms with Crippen molar-refractivity contribution in [3.63, 3.8) is 0 Å². The topological polar surface area (TPSA) is 73.6 Å². The molecule has 0 bridgehead atoms. The van der Waals surface area contributed by atoms with E-state index >= 15 is 0 Å². The highest BCUT2D eigenvalue weighted by molar-refractivity contribution is 5.76. The van der Waals surface area contributed by atoms with Gasteiger partial charge in [-0.1, -0.05) is 5.16 Å². The number of aromatic nitrogens is 1. The summed E-state index contributed by atoms with van der Waals surface area (Å²) in [5.41, 5.74) is 3.95. The standard InChI is InChI=1S/C20H26N2O4/c1-5-24-18-9-15-8-12(2)25-19(15)10-16(18)11-21-20(23)7-6-17-13(3)22-26-14(17)4/h9-10,12H,5-8,11H2,1-4H3,(H,21,23). The molecule has 6 nitrogen and oxygen atoms in total. The largest absolute Gasteiger partial charge is 0.494 e. The number of fused-ring (bicyclic) bond motifs is 1. The van der Waals surface area contributed by atoms with Gasteiger partial charge in [-0.3, -0.25) is 4.79 Å². The van der Waals surface area contributed by atoms with Crippen molar-refractivity contribution < 1.29 is 18.8 Å². The number of nitrogens with zero attached hydrogens (tertiary/aromatic N) is 1. The van der Waals surface area contributed by atoms with Crippen molar-refractivity contribution in [1.82, 2.24) is 10.5 Å². The first-order valence-electron chi connectivity index (χ1n) is 9.11. The molecule has 1 N–H and O–H groups in total. The smallest absolute Gasteiger partial charge is 0.220 e. The maximum absolute atomic E-state index is 12.3. The number of ether oxygens (including phenoxy) is 2. The lowest BCUT2D eigenvalue weighted by Crippen LogP contribution is -2.23. The minimum Gasteiger partial charge on any atom is -0.494 e. The minimum atomic E-state index is -0.0118. The van der Waals surface area contributed by atoms with Crippen LogP contribution in [0, 0.1) is 13.8 Å².